The summed E-state index contributed by atoms with van der Waals surface area (Å²) in [6, 6.07) is 10.7. The Morgan fingerprint density at radius 3 is 2.03 bits per heavy atom. The summed E-state index contributed by atoms with van der Waals surface area (Å²) in [5.74, 6) is 1.84. The Labute approximate surface area is 178 Å². The fraction of sp³-hybridized carbons (Fsp3) is 0.391. The number of hydrogen-bond donors (Lipinski definition) is 1. The molecule has 1 amide bonds. The summed E-state index contributed by atoms with van der Waals surface area (Å²) in [6.45, 7) is 9.68. The first kappa shape index (κ1) is 23.1. The number of hydrogen-bond acceptors (Lipinski definition) is 6. The molecule has 1 N–H and O–H groups in total. The van der Waals surface area contributed by atoms with E-state index in [4.69, 9.17) is 18.9 Å². The maximum atomic E-state index is 12.6. The smallest absolute Gasteiger partial charge is 0.271 e. The van der Waals surface area contributed by atoms with E-state index in [1.165, 1.54) is 0 Å². The van der Waals surface area contributed by atoms with Gasteiger partial charge in [-0.2, -0.15) is 5.10 Å². The maximum absolute atomic E-state index is 12.6. The minimum atomic E-state index is -0.376. The zero-order valence-corrected chi connectivity index (χ0v) is 18.1. The van der Waals surface area contributed by atoms with Crippen molar-refractivity contribution < 1.29 is 23.7 Å². The third-order valence-electron chi connectivity index (χ3n) is 3.90. The SMILES string of the molecule is CCCOc1ccc(/C=N/NC(=O)c2cc(OCC)c(OCC)c(OCC)c2)cc1. The highest BCUT2D eigenvalue weighted by Crippen LogP contribution is 2.39. The summed E-state index contributed by atoms with van der Waals surface area (Å²) in [7, 11) is 0. The normalized spacial score (nSPS) is 10.7. The van der Waals surface area contributed by atoms with Gasteiger partial charge in [0.1, 0.15) is 5.75 Å². The first-order chi connectivity index (χ1) is 14.6. The highest BCUT2D eigenvalue weighted by Gasteiger charge is 2.18. The molecule has 0 aliphatic rings. The number of amides is 1. The Balaban J connectivity index is 2.12. The monoisotopic (exact) mass is 414 g/mol. The van der Waals surface area contributed by atoms with Crippen LogP contribution in [0.4, 0.5) is 0 Å². The molecule has 2 rings (SSSR count). The molecule has 7 heteroatoms. The minimum absolute atomic E-state index is 0.366. The van der Waals surface area contributed by atoms with E-state index in [0.717, 1.165) is 17.7 Å². The van der Waals surface area contributed by atoms with E-state index in [1.54, 1.807) is 18.3 Å². The highest BCUT2D eigenvalue weighted by molar-refractivity contribution is 5.96. The molecule has 0 radical (unpaired) electrons. The number of benzene rings is 2. The summed E-state index contributed by atoms with van der Waals surface area (Å²) in [5, 5.41) is 4.04. The Kier molecular flexibility index (Phi) is 9.51. The molecule has 0 bridgehead atoms. The van der Waals surface area contributed by atoms with Crippen LogP contribution in [0.25, 0.3) is 0 Å². The van der Waals surface area contributed by atoms with Crippen molar-refractivity contribution in [3.63, 3.8) is 0 Å². The fourth-order valence-corrected chi connectivity index (χ4v) is 2.62. The first-order valence-electron chi connectivity index (χ1n) is 10.3. The standard InChI is InChI=1S/C23H30N2O5/c1-5-13-30-19-11-9-17(10-12-19)16-24-25-23(26)18-14-20(27-6-2)22(29-8-4)21(15-18)28-7-3/h9-12,14-16H,5-8,13H2,1-4H3,(H,25,26)/b24-16+. The van der Waals surface area contributed by atoms with Crippen LogP contribution in [0, 0.1) is 0 Å². The predicted molar refractivity (Wildman–Crippen MR) is 117 cm³/mol. The molecule has 0 heterocycles. The van der Waals surface area contributed by atoms with Crippen molar-refractivity contribution in [3.05, 3.63) is 47.5 Å². The van der Waals surface area contributed by atoms with Crippen LogP contribution < -0.4 is 24.4 Å². The van der Waals surface area contributed by atoms with E-state index in [-0.39, 0.29) is 5.91 Å². The number of nitrogens with zero attached hydrogens (tertiary/aromatic N) is 1. The third kappa shape index (κ3) is 6.69. The molecule has 0 saturated heterocycles. The number of hydrazone groups is 1. The number of carbonyl (C=O) groups is 1. The third-order valence-corrected chi connectivity index (χ3v) is 3.90. The van der Waals surface area contributed by atoms with Gasteiger partial charge in [-0.25, -0.2) is 5.43 Å². The molecule has 162 valence electrons. The molecule has 0 aliphatic heterocycles. The van der Waals surface area contributed by atoms with Crippen LogP contribution in [0.5, 0.6) is 23.0 Å². The molecule has 0 aliphatic carbocycles. The van der Waals surface area contributed by atoms with E-state index >= 15 is 0 Å². The molecule has 0 saturated carbocycles. The highest BCUT2D eigenvalue weighted by atomic mass is 16.5. The second-order valence-electron chi connectivity index (χ2n) is 6.22. The van der Waals surface area contributed by atoms with Crippen molar-refractivity contribution in [1.29, 1.82) is 0 Å². The van der Waals surface area contributed by atoms with E-state index < -0.39 is 0 Å². The number of rotatable bonds is 12. The summed E-state index contributed by atoms with van der Waals surface area (Å²) in [6.07, 6.45) is 2.53. The average molecular weight is 415 g/mol. The molecule has 0 unspecified atom stereocenters. The lowest BCUT2D eigenvalue weighted by molar-refractivity contribution is 0.0954. The Morgan fingerprint density at radius 2 is 1.50 bits per heavy atom. The minimum Gasteiger partial charge on any atom is -0.494 e. The quantitative estimate of drug-likeness (QED) is 0.410. The Bertz CT molecular complexity index is 807. The molecular formula is C23H30N2O5. The molecule has 2 aromatic rings. The van der Waals surface area contributed by atoms with E-state index in [2.05, 4.69) is 17.5 Å². The molecule has 30 heavy (non-hydrogen) atoms. The van der Waals surface area contributed by atoms with Crippen LogP contribution in [0.3, 0.4) is 0 Å². The Hall–Kier alpha value is -3.22. The second kappa shape index (κ2) is 12.4. The zero-order chi connectivity index (χ0) is 21.8. The summed E-state index contributed by atoms with van der Waals surface area (Å²) in [5.41, 5.74) is 3.74. The molecule has 7 nitrogen and oxygen atoms in total. The first-order valence-corrected chi connectivity index (χ1v) is 10.3. The molecule has 0 aromatic heterocycles. The molecular weight excluding hydrogens is 384 g/mol. The van der Waals surface area contributed by atoms with Gasteiger partial charge in [0.25, 0.3) is 5.91 Å². The van der Waals surface area contributed by atoms with Crippen molar-refractivity contribution in [1.82, 2.24) is 5.43 Å². The van der Waals surface area contributed by atoms with Gasteiger partial charge in [0.05, 0.1) is 32.6 Å². The van der Waals surface area contributed by atoms with Crippen molar-refractivity contribution in [2.45, 2.75) is 34.1 Å². The van der Waals surface area contributed by atoms with Crippen molar-refractivity contribution in [2.24, 2.45) is 5.10 Å². The lowest BCUT2D eigenvalue weighted by Crippen LogP contribution is -2.18. The zero-order valence-electron chi connectivity index (χ0n) is 18.1. The summed E-state index contributed by atoms with van der Waals surface area (Å²) in [4.78, 5) is 12.6. The molecule has 0 spiro atoms. The van der Waals surface area contributed by atoms with Gasteiger partial charge in [0.2, 0.25) is 5.75 Å². The molecule has 0 fully saturated rings. The van der Waals surface area contributed by atoms with Crippen LogP contribution in [0.1, 0.15) is 50.0 Å². The lowest BCUT2D eigenvalue weighted by atomic mass is 10.1. The van der Waals surface area contributed by atoms with Gasteiger partial charge in [-0.1, -0.05) is 6.92 Å². The number of carbonyl (C=O) groups excluding carboxylic acids is 1. The van der Waals surface area contributed by atoms with Gasteiger partial charge in [0.15, 0.2) is 11.5 Å². The lowest BCUT2D eigenvalue weighted by Gasteiger charge is -2.16. The van der Waals surface area contributed by atoms with Gasteiger partial charge in [-0.05, 0) is 69.2 Å². The van der Waals surface area contributed by atoms with E-state index in [9.17, 15) is 4.79 Å². The number of nitrogens with one attached hydrogen (secondary N) is 1. The summed E-state index contributed by atoms with van der Waals surface area (Å²) >= 11 is 0. The fourth-order valence-electron chi connectivity index (χ4n) is 2.62. The van der Waals surface area contributed by atoms with Crippen LogP contribution in [-0.4, -0.2) is 38.5 Å². The Morgan fingerprint density at radius 1 is 0.900 bits per heavy atom. The largest absolute Gasteiger partial charge is 0.494 e. The average Bonchev–Trinajstić information content (AvgIpc) is 2.75. The second-order valence-corrected chi connectivity index (χ2v) is 6.22. The van der Waals surface area contributed by atoms with Crippen LogP contribution in [0.2, 0.25) is 0 Å². The summed E-state index contributed by atoms with van der Waals surface area (Å²) < 4.78 is 22.5. The van der Waals surface area contributed by atoms with Gasteiger partial charge < -0.3 is 18.9 Å². The topological polar surface area (TPSA) is 78.4 Å². The van der Waals surface area contributed by atoms with Gasteiger partial charge in [-0.3, -0.25) is 4.79 Å². The van der Waals surface area contributed by atoms with Gasteiger partial charge in [0, 0.05) is 5.56 Å². The van der Waals surface area contributed by atoms with Crippen molar-refractivity contribution in [3.8, 4) is 23.0 Å². The van der Waals surface area contributed by atoms with Gasteiger partial charge in [-0.15, -0.1) is 0 Å². The predicted octanol–water partition coefficient (Wildman–Crippen LogP) is 4.44. The van der Waals surface area contributed by atoms with Crippen molar-refractivity contribution >= 4 is 12.1 Å². The maximum Gasteiger partial charge on any atom is 0.271 e. The van der Waals surface area contributed by atoms with E-state index in [1.807, 2.05) is 45.0 Å². The van der Waals surface area contributed by atoms with Crippen LogP contribution in [0.15, 0.2) is 41.5 Å². The number of ether oxygens (including phenoxy) is 4. The van der Waals surface area contributed by atoms with Gasteiger partial charge >= 0.3 is 0 Å². The van der Waals surface area contributed by atoms with Crippen LogP contribution in [-0.2, 0) is 0 Å². The van der Waals surface area contributed by atoms with Crippen molar-refractivity contribution in [2.75, 3.05) is 26.4 Å². The van der Waals surface area contributed by atoms with Crippen LogP contribution >= 0.6 is 0 Å². The molecule has 2 aromatic carbocycles. The molecule has 0 atom stereocenters. The van der Waals surface area contributed by atoms with E-state index in [0.29, 0.717) is 49.2 Å².